The Kier molecular flexibility index (Phi) is 3.44. The largest absolute Gasteiger partial charge is 0.508 e. The van der Waals surface area contributed by atoms with Gasteiger partial charge in [-0.2, -0.15) is 0 Å². The van der Waals surface area contributed by atoms with Crippen LogP contribution in [0.15, 0.2) is 42.5 Å². The maximum Gasteiger partial charge on any atom is 0.127 e. The molecule has 0 aromatic heterocycles. The lowest BCUT2D eigenvalue weighted by Gasteiger charge is -2.44. The van der Waals surface area contributed by atoms with Crippen molar-refractivity contribution >= 4 is 0 Å². The number of fused-ring (bicyclic) bond motifs is 3. The molecule has 2 aliphatic rings. The molecule has 1 aliphatic heterocycles. The van der Waals surface area contributed by atoms with E-state index in [-0.39, 0.29) is 11.9 Å². The van der Waals surface area contributed by atoms with E-state index < -0.39 is 0 Å². The molecule has 1 saturated carbocycles. The van der Waals surface area contributed by atoms with Gasteiger partial charge in [0.2, 0.25) is 0 Å². The fourth-order valence-corrected chi connectivity index (χ4v) is 4.26. The molecule has 0 bridgehead atoms. The van der Waals surface area contributed by atoms with Crippen LogP contribution in [0.1, 0.15) is 49.3 Å². The summed E-state index contributed by atoms with van der Waals surface area (Å²) in [5.41, 5.74) is 2.27. The van der Waals surface area contributed by atoms with E-state index in [1.165, 1.54) is 6.42 Å². The van der Waals surface area contributed by atoms with E-state index in [1.807, 2.05) is 24.3 Å². The van der Waals surface area contributed by atoms with E-state index in [0.717, 1.165) is 29.7 Å². The quantitative estimate of drug-likeness (QED) is 0.799. The molecule has 120 valence electrons. The van der Waals surface area contributed by atoms with Gasteiger partial charge in [0.15, 0.2) is 0 Å². The van der Waals surface area contributed by atoms with Crippen molar-refractivity contribution in [1.82, 2.24) is 0 Å². The van der Waals surface area contributed by atoms with Crippen LogP contribution in [0.25, 0.3) is 0 Å². The van der Waals surface area contributed by atoms with Gasteiger partial charge >= 0.3 is 0 Å². The summed E-state index contributed by atoms with van der Waals surface area (Å²) in [5, 5.41) is 19.4. The molecule has 3 nitrogen and oxygen atoms in total. The van der Waals surface area contributed by atoms with Crippen molar-refractivity contribution in [3.63, 3.8) is 0 Å². The minimum atomic E-state index is 0.0187. The van der Waals surface area contributed by atoms with E-state index in [1.54, 1.807) is 18.2 Å². The van der Waals surface area contributed by atoms with Gasteiger partial charge in [0.1, 0.15) is 23.4 Å². The molecule has 2 N–H and O–H groups in total. The number of ether oxygens (including phenoxy) is 1. The highest BCUT2D eigenvalue weighted by Gasteiger charge is 2.42. The van der Waals surface area contributed by atoms with Crippen molar-refractivity contribution in [2.24, 2.45) is 11.8 Å². The fourth-order valence-electron chi connectivity index (χ4n) is 4.26. The summed E-state index contributed by atoms with van der Waals surface area (Å²) in [6.07, 6.45) is 3.50. The maximum absolute atomic E-state index is 9.87. The molecule has 0 amide bonds. The predicted octanol–water partition coefficient (Wildman–Crippen LogP) is 4.75. The second-order valence-electron chi connectivity index (χ2n) is 7.04. The molecule has 1 fully saturated rings. The monoisotopic (exact) mass is 310 g/mol. The smallest absolute Gasteiger partial charge is 0.127 e. The Hall–Kier alpha value is -2.16. The molecule has 0 saturated heterocycles. The molecule has 4 rings (SSSR count). The summed E-state index contributed by atoms with van der Waals surface area (Å²) in [7, 11) is 0. The molecule has 3 heteroatoms. The van der Waals surface area contributed by atoms with Crippen LogP contribution in [-0.4, -0.2) is 10.2 Å². The van der Waals surface area contributed by atoms with Crippen LogP contribution in [0.2, 0.25) is 0 Å². The van der Waals surface area contributed by atoms with E-state index in [0.29, 0.717) is 23.5 Å². The van der Waals surface area contributed by atoms with Gasteiger partial charge in [-0.1, -0.05) is 25.5 Å². The van der Waals surface area contributed by atoms with Crippen LogP contribution in [0.4, 0.5) is 0 Å². The molecule has 23 heavy (non-hydrogen) atoms. The van der Waals surface area contributed by atoms with E-state index in [2.05, 4.69) is 6.92 Å². The summed E-state index contributed by atoms with van der Waals surface area (Å²) in [6.45, 7) is 2.31. The number of phenolic OH excluding ortho intramolecular Hbond substituents is 2. The molecule has 0 radical (unpaired) electrons. The van der Waals surface area contributed by atoms with Crippen LogP contribution >= 0.6 is 0 Å². The third kappa shape index (κ3) is 2.54. The zero-order valence-corrected chi connectivity index (χ0v) is 13.3. The number of aromatic hydroxyl groups is 2. The Morgan fingerprint density at radius 2 is 1.70 bits per heavy atom. The number of hydrogen-bond donors (Lipinski definition) is 2. The average molecular weight is 310 g/mol. The van der Waals surface area contributed by atoms with Crippen LogP contribution < -0.4 is 4.74 Å². The normalized spacial score (nSPS) is 29.3. The van der Waals surface area contributed by atoms with Gasteiger partial charge in [0, 0.05) is 11.5 Å². The maximum atomic E-state index is 9.87. The van der Waals surface area contributed by atoms with Crippen LogP contribution in [-0.2, 0) is 0 Å². The molecule has 4 atom stereocenters. The van der Waals surface area contributed by atoms with Gasteiger partial charge in [-0.15, -0.1) is 0 Å². The lowest BCUT2D eigenvalue weighted by Crippen LogP contribution is -2.34. The van der Waals surface area contributed by atoms with Crippen LogP contribution in [0, 0.1) is 11.8 Å². The van der Waals surface area contributed by atoms with Crippen molar-refractivity contribution in [3.8, 4) is 17.2 Å². The summed E-state index contributed by atoms with van der Waals surface area (Å²) in [6, 6.07) is 12.8. The average Bonchev–Trinajstić information content (AvgIpc) is 2.55. The molecule has 1 heterocycles. The highest BCUT2D eigenvalue weighted by atomic mass is 16.5. The van der Waals surface area contributed by atoms with Crippen molar-refractivity contribution in [2.45, 2.75) is 38.2 Å². The zero-order valence-electron chi connectivity index (χ0n) is 13.3. The zero-order chi connectivity index (χ0) is 16.0. The van der Waals surface area contributed by atoms with Gasteiger partial charge in [-0.05, 0) is 60.6 Å². The van der Waals surface area contributed by atoms with Crippen LogP contribution in [0.5, 0.6) is 17.2 Å². The first-order valence-corrected chi connectivity index (χ1v) is 8.40. The Bertz CT molecular complexity index is 707. The molecular formula is C20H22O3. The van der Waals surface area contributed by atoms with Crippen molar-refractivity contribution < 1.29 is 14.9 Å². The third-order valence-electron chi connectivity index (χ3n) is 5.42. The molecule has 0 spiro atoms. The first-order chi connectivity index (χ1) is 11.1. The highest BCUT2D eigenvalue weighted by Crippen LogP contribution is 2.54. The van der Waals surface area contributed by atoms with Gasteiger partial charge < -0.3 is 14.9 Å². The van der Waals surface area contributed by atoms with E-state index in [9.17, 15) is 10.2 Å². The number of hydrogen-bond acceptors (Lipinski definition) is 3. The molecule has 2 aromatic rings. The van der Waals surface area contributed by atoms with Gasteiger partial charge in [-0.25, -0.2) is 0 Å². The summed E-state index contributed by atoms with van der Waals surface area (Å²) >= 11 is 0. The Labute approximate surface area is 136 Å². The molecule has 1 aliphatic carbocycles. The molecule has 2 aromatic carbocycles. The van der Waals surface area contributed by atoms with Crippen LogP contribution in [0.3, 0.4) is 0 Å². The van der Waals surface area contributed by atoms with Gasteiger partial charge in [0.05, 0.1) is 0 Å². The standard InChI is InChI=1S/C20H22O3/c1-12-2-8-16-17(10-12)18-11-15(22)7-9-19(18)23-20(16)13-3-5-14(21)6-4-13/h3-7,9,11-12,16-17,20-22H,2,8,10H2,1H3. The Morgan fingerprint density at radius 1 is 0.957 bits per heavy atom. The fraction of sp³-hybridized carbons (Fsp3) is 0.400. The lowest BCUT2D eigenvalue weighted by molar-refractivity contribution is 0.0561. The number of phenols is 2. The minimum Gasteiger partial charge on any atom is -0.508 e. The third-order valence-corrected chi connectivity index (χ3v) is 5.42. The van der Waals surface area contributed by atoms with E-state index >= 15 is 0 Å². The van der Waals surface area contributed by atoms with Crippen molar-refractivity contribution in [1.29, 1.82) is 0 Å². The minimum absolute atomic E-state index is 0.0187. The Balaban J connectivity index is 1.77. The molecule has 4 unspecified atom stereocenters. The van der Waals surface area contributed by atoms with Gasteiger partial charge in [0.25, 0.3) is 0 Å². The number of benzene rings is 2. The van der Waals surface area contributed by atoms with Crippen molar-refractivity contribution in [2.75, 3.05) is 0 Å². The van der Waals surface area contributed by atoms with Crippen molar-refractivity contribution in [3.05, 3.63) is 53.6 Å². The van der Waals surface area contributed by atoms with Gasteiger partial charge in [-0.3, -0.25) is 0 Å². The van der Waals surface area contributed by atoms with E-state index in [4.69, 9.17) is 4.74 Å². The molecular weight excluding hydrogens is 288 g/mol. The summed E-state index contributed by atoms with van der Waals surface area (Å²) in [5.74, 6) is 3.02. The topological polar surface area (TPSA) is 49.7 Å². The second-order valence-corrected chi connectivity index (χ2v) is 7.04. The lowest BCUT2D eigenvalue weighted by atomic mass is 9.67. The second kappa shape index (κ2) is 5.48. The number of rotatable bonds is 1. The summed E-state index contributed by atoms with van der Waals surface area (Å²) in [4.78, 5) is 0. The Morgan fingerprint density at radius 3 is 2.48 bits per heavy atom. The highest BCUT2D eigenvalue weighted by molar-refractivity contribution is 5.45. The first kappa shape index (κ1) is 14.4. The SMILES string of the molecule is CC1CCC2C(C1)c1cc(O)ccc1OC2c1ccc(O)cc1. The first-order valence-electron chi connectivity index (χ1n) is 8.40. The predicted molar refractivity (Wildman–Crippen MR) is 88.8 cm³/mol. The summed E-state index contributed by atoms with van der Waals surface area (Å²) < 4.78 is 6.32.